The third kappa shape index (κ3) is 3.61. The van der Waals surface area contributed by atoms with Crippen LogP contribution in [0.15, 0.2) is 72.3 Å². The molecule has 162 valence electrons. The van der Waals surface area contributed by atoms with Crippen molar-refractivity contribution in [1.82, 2.24) is 0 Å². The monoisotopic (exact) mass is 455 g/mol. The van der Waals surface area contributed by atoms with Crippen molar-refractivity contribution in [1.29, 1.82) is 0 Å². The Morgan fingerprint density at radius 1 is 1.03 bits per heavy atom. The SMILES string of the molecule is COc1ccc(Cl)cc1/C(O)=C1\C(=O)C(=O)N(c2ccc(F)cc2)C1c1ccccc1F. The number of ketones is 1. The van der Waals surface area contributed by atoms with E-state index in [-0.39, 0.29) is 33.2 Å². The van der Waals surface area contributed by atoms with Crippen LogP contribution in [0.25, 0.3) is 5.76 Å². The van der Waals surface area contributed by atoms with Gasteiger partial charge in [-0.2, -0.15) is 0 Å². The van der Waals surface area contributed by atoms with Crippen LogP contribution in [0.5, 0.6) is 5.75 Å². The molecule has 0 spiro atoms. The Balaban J connectivity index is 2.01. The van der Waals surface area contributed by atoms with Crippen LogP contribution in [-0.4, -0.2) is 23.9 Å². The fourth-order valence-corrected chi connectivity index (χ4v) is 3.87. The van der Waals surface area contributed by atoms with Crippen molar-refractivity contribution < 1.29 is 28.2 Å². The van der Waals surface area contributed by atoms with E-state index in [1.807, 2.05) is 0 Å². The van der Waals surface area contributed by atoms with Crippen molar-refractivity contribution in [2.75, 3.05) is 12.0 Å². The molecule has 1 atom stereocenters. The van der Waals surface area contributed by atoms with Gasteiger partial charge in [0, 0.05) is 16.3 Å². The molecule has 3 aromatic rings. The van der Waals surface area contributed by atoms with Crippen LogP contribution in [0.3, 0.4) is 0 Å². The average molecular weight is 456 g/mol. The molecule has 1 N–H and O–H groups in total. The standard InChI is InChI=1S/C24H16ClF2NO4/c1-32-19-11-6-13(25)12-17(19)22(29)20-21(16-4-2-3-5-18(16)27)28(24(31)23(20)30)15-9-7-14(26)8-10-15/h2-12,21,29H,1H3/b22-20+. The molecule has 1 heterocycles. The number of rotatable bonds is 4. The van der Waals surface area contributed by atoms with Crippen molar-refractivity contribution in [3.63, 3.8) is 0 Å². The maximum absolute atomic E-state index is 14.8. The van der Waals surface area contributed by atoms with Gasteiger partial charge in [-0.05, 0) is 48.5 Å². The highest BCUT2D eigenvalue weighted by Gasteiger charge is 2.48. The number of methoxy groups -OCH3 is 1. The molecule has 0 saturated carbocycles. The minimum Gasteiger partial charge on any atom is -0.507 e. The molecule has 1 saturated heterocycles. The zero-order chi connectivity index (χ0) is 23.0. The quantitative estimate of drug-likeness (QED) is 0.331. The topological polar surface area (TPSA) is 66.8 Å². The van der Waals surface area contributed by atoms with E-state index in [2.05, 4.69) is 0 Å². The number of ether oxygens (including phenoxy) is 1. The summed E-state index contributed by atoms with van der Waals surface area (Å²) < 4.78 is 33.6. The van der Waals surface area contributed by atoms with Crippen LogP contribution in [0.1, 0.15) is 17.2 Å². The molecule has 1 aliphatic heterocycles. The molecular weight excluding hydrogens is 440 g/mol. The lowest BCUT2D eigenvalue weighted by molar-refractivity contribution is -0.132. The number of Topliss-reactive ketones (excluding diaryl/α,β-unsaturated/α-hetero) is 1. The molecule has 4 rings (SSSR count). The van der Waals surface area contributed by atoms with Crippen molar-refractivity contribution in [3.8, 4) is 5.75 Å². The maximum Gasteiger partial charge on any atom is 0.300 e. The van der Waals surface area contributed by atoms with Gasteiger partial charge < -0.3 is 9.84 Å². The molecule has 8 heteroatoms. The minimum atomic E-state index is -1.30. The van der Waals surface area contributed by atoms with E-state index < -0.39 is 35.1 Å². The Morgan fingerprint density at radius 2 is 1.72 bits per heavy atom. The molecule has 1 fully saturated rings. The molecule has 32 heavy (non-hydrogen) atoms. The van der Waals surface area contributed by atoms with Crippen molar-refractivity contribution in [3.05, 3.63) is 100 Å². The summed E-state index contributed by atoms with van der Waals surface area (Å²) in [6.45, 7) is 0. The van der Waals surface area contributed by atoms with Gasteiger partial charge in [0.15, 0.2) is 0 Å². The summed E-state index contributed by atoms with van der Waals surface area (Å²) in [5.41, 5.74) is -0.124. The highest BCUT2D eigenvalue weighted by Crippen LogP contribution is 2.44. The minimum absolute atomic E-state index is 0.0152. The van der Waals surface area contributed by atoms with Gasteiger partial charge in [0.2, 0.25) is 0 Å². The first kappa shape index (κ1) is 21.5. The number of aliphatic hydroxyl groups excluding tert-OH is 1. The number of benzene rings is 3. The Hall–Kier alpha value is -3.71. The van der Waals surface area contributed by atoms with Gasteiger partial charge in [-0.3, -0.25) is 14.5 Å². The first-order valence-corrected chi connectivity index (χ1v) is 9.86. The van der Waals surface area contributed by atoms with E-state index >= 15 is 0 Å². The Labute approximate surface area is 187 Å². The number of anilines is 1. The normalized spacial score (nSPS) is 17.6. The summed E-state index contributed by atoms with van der Waals surface area (Å²) in [5.74, 6) is -3.62. The van der Waals surface area contributed by atoms with Gasteiger partial charge in [-0.15, -0.1) is 0 Å². The fraction of sp³-hybridized carbons (Fsp3) is 0.0833. The number of aliphatic hydroxyl groups is 1. The Kier molecular flexibility index (Phi) is 5.67. The van der Waals surface area contributed by atoms with Crippen LogP contribution in [0.4, 0.5) is 14.5 Å². The average Bonchev–Trinajstić information content (AvgIpc) is 3.04. The molecule has 0 aliphatic carbocycles. The third-order valence-corrected chi connectivity index (χ3v) is 5.40. The molecule has 5 nitrogen and oxygen atoms in total. The van der Waals surface area contributed by atoms with E-state index in [1.54, 1.807) is 6.07 Å². The predicted octanol–water partition coefficient (Wildman–Crippen LogP) is 5.25. The van der Waals surface area contributed by atoms with Gasteiger partial charge in [0.05, 0.1) is 24.3 Å². The van der Waals surface area contributed by atoms with E-state index in [9.17, 15) is 23.5 Å². The second-order valence-corrected chi connectivity index (χ2v) is 7.45. The summed E-state index contributed by atoms with van der Waals surface area (Å²) >= 11 is 6.06. The predicted molar refractivity (Wildman–Crippen MR) is 116 cm³/mol. The summed E-state index contributed by atoms with van der Waals surface area (Å²) in [7, 11) is 1.37. The largest absolute Gasteiger partial charge is 0.507 e. The lowest BCUT2D eigenvalue weighted by Gasteiger charge is -2.25. The molecule has 3 aromatic carbocycles. The smallest absolute Gasteiger partial charge is 0.300 e. The van der Waals surface area contributed by atoms with E-state index in [0.29, 0.717) is 0 Å². The lowest BCUT2D eigenvalue weighted by atomic mass is 9.94. The van der Waals surface area contributed by atoms with Crippen LogP contribution < -0.4 is 9.64 Å². The van der Waals surface area contributed by atoms with Gasteiger partial charge in [0.25, 0.3) is 11.7 Å². The first-order chi connectivity index (χ1) is 15.3. The molecular formula is C24H16ClF2NO4. The van der Waals surface area contributed by atoms with Crippen LogP contribution in [0, 0.1) is 11.6 Å². The van der Waals surface area contributed by atoms with Crippen LogP contribution in [0.2, 0.25) is 5.02 Å². The van der Waals surface area contributed by atoms with Gasteiger partial charge >= 0.3 is 0 Å². The van der Waals surface area contributed by atoms with Crippen molar-refractivity contribution in [2.45, 2.75) is 6.04 Å². The number of nitrogens with zero attached hydrogens (tertiary/aromatic N) is 1. The summed E-state index contributed by atoms with van der Waals surface area (Å²) in [6.07, 6.45) is 0. The molecule has 0 aromatic heterocycles. The zero-order valence-corrected chi connectivity index (χ0v) is 17.4. The molecule has 1 amide bonds. The van der Waals surface area contributed by atoms with E-state index in [0.717, 1.165) is 17.0 Å². The number of hydrogen-bond acceptors (Lipinski definition) is 4. The van der Waals surface area contributed by atoms with Gasteiger partial charge in [-0.25, -0.2) is 8.78 Å². The maximum atomic E-state index is 14.8. The highest BCUT2D eigenvalue weighted by atomic mass is 35.5. The summed E-state index contributed by atoms with van der Waals surface area (Å²) in [4.78, 5) is 27.1. The van der Waals surface area contributed by atoms with Crippen LogP contribution >= 0.6 is 11.6 Å². The number of amides is 1. The summed E-state index contributed by atoms with van der Waals surface area (Å²) in [5, 5.41) is 11.4. The van der Waals surface area contributed by atoms with Crippen LogP contribution in [-0.2, 0) is 9.59 Å². The molecule has 1 unspecified atom stereocenters. The van der Waals surface area contributed by atoms with Crippen molar-refractivity contribution in [2.24, 2.45) is 0 Å². The second-order valence-electron chi connectivity index (χ2n) is 7.01. The number of carbonyl (C=O) groups is 2. The molecule has 0 radical (unpaired) electrons. The van der Waals surface area contributed by atoms with Gasteiger partial charge in [0.1, 0.15) is 23.1 Å². The first-order valence-electron chi connectivity index (χ1n) is 9.48. The lowest BCUT2D eigenvalue weighted by Crippen LogP contribution is -2.29. The third-order valence-electron chi connectivity index (χ3n) is 5.17. The van der Waals surface area contributed by atoms with E-state index in [4.69, 9.17) is 16.3 Å². The van der Waals surface area contributed by atoms with Gasteiger partial charge in [-0.1, -0.05) is 29.8 Å². The summed E-state index contributed by atoms with van der Waals surface area (Å²) in [6, 6.07) is 13.5. The number of halogens is 3. The fourth-order valence-electron chi connectivity index (χ4n) is 3.70. The Bertz CT molecular complexity index is 1260. The zero-order valence-electron chi connectivity index (χ0n) is 16.7. The molecule has 1 aliphatic rings. The Morgan fingerprint density at radius 3 is 2.38 bits per heavy atom. The number of hydrogen-bond donors (Lipinski definition) is 1. The second kappa shape index (κ2) is 8.43. The molecule has 0 bridgehead atoms. The van der Waals surface area contributed by atoms with Crippen molar-refractivity contribution >= 4 is 34.7 Å². The number of carbonyl (C=O) groups excluding carboxylic acids is 2. The highest BCUT2D eigenvalue weighted by molar-refractivity contribution is 6.51. The van der Waals surface area contributed by atoms with E-state index in [1.165, 1.54) is 55.6 Å².